The second-order valence-corrected chi connectivity index (χ2v) is 4.94. The molecule has 0 heterocycles. The van der Waals surface area contributed by atoms with E-state index < -0.39 is 12.4 Å². The van der Waals surface area contributed by atoms with Gasteiger partial charge in [0.2, 0.25) is 0 Å². The number of alkyl halides is 2. The van der Waals surface area contributed by atoms with Gasteiger partial charge in [0.05, 0.1) is 18.3 Å². The van der Waals surface area contributed by atoms with Crippen LogP contribution < -0.4 is 9.47 Å². The van der Waals surface area contributed by atoms with E-state index in [1.807, 2.05) is 0 Å². The highest BCUT2D eigenvalue weighted by Gasteiger charge is 2.10. The smallest absolute Gasteiger partial charge is 0.387 e. The Kier molecular flexibility index (Phi) is 6.31. The zero-order valence-corrected chi connectivity index (χ0v) is 13.3. The van der Waals surface area contributed by atoms with Crippen LogP contribution in [-0.4, -0.2) is 19.9 Å². The van der Waals surface area contributed by atoms with E-state index in [9.17, 15) is 13.2 Å². The Morgan fingerprint density at radius 1 is 1.17 bits per heavy atom. The SMILES string of the molecule is COc1cc(/C=N/OCc2ccc(F)cc2Cl)ccc1OC(F)F. The topological polar surface area (TPSA) is 40.0 Å². The fourth-order valence-electron chi connectivity index (χ4n) is 1.80. The minimum absolute atomic E-state index is 0.0549. The van der Waals surface area contributed by atoms with Crippen molar-refractivity contribution in [1.82, 2.24) is 0 Å². The molecule has 0 aliphatic carbocycles. The molecule has 0 unspecified atom stereocenters. The number of hydrogen-bond acceptors (Lipinski definition) is 4. The molecule has 0 fully saturated rings. The molecule has 128 valence electrons. The summed E-state index contributed by atoms with van der Waals surface area (Å²) < 4.78 is 46.7. The molecule has 0 saturated heterocycles. The Bertz CT molecular complexity index is 726. The summed E-state index contributed by atoms with van der Waals surface area (Å²) in [6.45, 7) is -2.89. The van der Waals surface area contributed by atoms with Gasteiger partial charge in [0.1, 0.15) is 12.4 Å². The lowest BCUT2D eigenvalue weighted by molar-refractivity contribution is -0.0512. The summed E-state index contributed by atoms with van der Waals surface area (Å²) in [5.74, 6) is -0.380. The summed E-state index contributed by atoms with van der Waals surface area (Å²) in [4.78, 5) is 5.08. The van der Waals surface area contributed by atoms with Gasteiger partial charge in [0.15, 0.2) is 11.5 Å². The van der Waals surface area contributed by atoms with Crippen molar-refractivity contribution in [2.24, 2.45) is 5.16 Å². The standard InChI is InChI=1S/C16H13ClF3NO3/c1-22-15-6-10(2-5-14(15)24-16(19)20)8-21-23-9-11-3-4-12(18)7-13(11)17/h2-8,16H,9H2,1H3/b21-8+. The molecule has 4 nitrogen and oxygen atoms in total. The number of nitrogens with zero attached hydrogens (tertiary/aromatic N) is 1. The van der Waals surface area contributed by atoms with Crippen LogP contribution >= 0.6 is 11.6 Å². The van der Waals surface area contributed by atoms with Crippen LogP contribution in [0.15, 0.2) is 41.6 Å². The van der Waals surface area contributed by atoms with Gasteiger partial charge < -0.3 is 14.3 Å². The summed E-state index contributed by atoms with van der Waals surface area (Å²) in [6.07, 6.45) is 1.37. The second-order valence-electron chi connectivity index (χ2n) is 4.53. The first-order valence-electron chi connectivity index (χ1n) is 6.71. The van der Waals surface area contributed by atoms with Gasteiger partial charge in [-0.3, -0.25) is 0 Å². The molecule has 24 heavy (non-hydrogen) atoms. The number of halogens is 4. The van der Waals surface area contributed by atoms with Crippen LogP contribution in [0.25, 0.3) is 0 Å². The lowest BCUT2D eigenvalue weighted by Crippen LogP contribution is -2.03. The van der Waals surface area contributed by atoms with Gasteiger partial charge in [-0.05, 0) is 30.3 Å². The molecule has 0 N–H and O–H groups in total. The van der Waals surface area contributed by atoms with E-state index in [1.54, 1.807) is 0 Å². The van der Waals surface area contributed by atoms with Crippen LogP contribution in [0.5, 0.6) is 11.5 Å². The van der Waals surface area contributed by atoms with Crippen molar-refractivity contribution in [1.29, 1.82) is 0 Å². The molecule has 0 bridgehead atoms. The molecule has 2 aromatic carbocycles. The Hall–Kier alpha value is -2.41. The van der Waals surface area contributed by atoms with Crippen LogP contribution in [0, 0.1) is 5.82 Å². The highest BCUT2D eigenvalue weighted by Crippen LogP contribution is 2.29. The average Bonchev–Trinajstić information content (AvgIpc) is 2.53. The van der Waals surface area contributed by atoms with E-state index in [4.69, 9.17) is 21.2 Å². The third-order valence-corrected chi connectivity index (χ3v) is 3.27. The van der Waals surface area contributed by atoms with Crippen molar-refractivity contribution in [3.63, 3.8) is 0 Å². The maximum Gasteiger partial charge on any atom is 0.387 e. The lowest BCUT2D eigenvalue weighted by atomic mass is 10.2. The fraction of sp³-hybridized carbons (Fsp3) is 0.188. The molecule has 2 aromatic rings. The third kappa shape index (κ3) is 5.06. The van der Waals surface area contributed by atoms with Crippen molar-refractivity contribution in [3.05, 3.63) is 58.4 Å². The van der Waals surface area contributed by atoms with Crippen LogP contribution in [-0.2, 0) is 11.4 Å². The van der Waals surface area contributed by atoms with Crippen molar-refractivity contribution in [2.45, 2.75) is 13.2 Å². The monoisotopic (exact) mass is 359 g/mol. The number of hydrogen-bond donors (Lipinski definition) is 0. The Labute approximate surface area is 141 Å². The zero-order chi connectivity index (χ0) is 17.5. The molecule has 0 aromatic heterocycles. The molecule has 0 amide bonds. The van der Waals surface area contributed by atoms with E-state index in [-0.39, 0.29) is 23.1 Å². The Morgan fingerprint density at radius 2 is 1.96 bits per heavy atom. The number of rotatable bonds is 7. The number of oxime groups is 1. The van der Waals surface area contributed by atoms with Crippen LogP contribution in [0.3, 0.4) is 0 Å². The number of benzene rings is 2. The maximum atomic E-state index is 12.9. The van der Waals surface area contributed by atoms with Gasteiger partial charge in [-0.15, -0.1) is 0 Å². The minimum atomic E-state index is -2.94. The largest absolute Gasteiger partial charge is 0.493 e. The lowest BCUT2D eigenvalue weighted by Gasteiger charge is -2.09. The van der Waals surface area contributed by atoms with Crippen LogP contribution in [0.2, 0.25) is 5.02 Å². The molecule has 0 spiro atoms. The molecular weight excluding hydrogens is 347 g/mol. The van der Waals surface area contributed by atoms with Gasteiger partial charge in [-0.25, -0.2) is 4.39 Å². The molecule has 0 radical (unpaired) electrons. The van der Waals surface area contributed by atoms with E-state index in [0.29, 0.717) is 11.1 Å². The summed E-state index contributed by atoms with van der Waals surface area (Å²) in [6, 6.07) is 8.25. The van der Waals surface area contributed by atoms with Crippen LogP contribution in [0.4, 0.5) is 13.2 Å². The van der Waals surface area contributed by atoms with Gasteiger partial charge in [0.25, 0.3) is 0 Å². The fourth-order valence-corrected chi connectivity index (χ4v) is 2.02. The van der Waals surface area contributed by atoms with E-state index in [1.165, 1.54) is 49.7 Å². The minimum Gasteiger partial charge on any atom is -0.493 e. The summed E-state index contributed by atoms with van der Waals surface area (Å²) in [5.41, 5.74) is 1.13. The summed E-state index contributed by atoms with van der Waals surface area (Å²) in [5, 5.41) is 3.98. The van der Waals surface area contributed by atoms with Gasteiger partial charge in [-0.2, -0.15) is 8.78 Å². The van der Waals surface area contributed by atoms with Gasteiger partial charge in [0, 0.05) is 11.1 Å². The number of methoxy groups -OCH3 is 1. The normalized spacial score (nSPS) is 11.1. The average molecular weight is 360 g/mol. The Balaban J connectivity index is 1.98. The molecule has 0 atom stereocenters. The highest BCUT2D eigenvalue weighted by molar-refractivity contribution is 6.31. The predicted octanol–water partition coefficient (Wildman–Crippen LogP) is 4.64. The van der Waals surface area contributed by atoms with E-state index >= 15 is 0 Å². The molecular formula is C16H13ClF3NO3. The number of ether oxygens (including phenoxy) is 2. The van der Waals surface area contributed by atoms with E-state index in [2.05, 4.69) is 9.89 Å². The van der Waals surface area contributed by atoms with Crippen molar-refractivity contribution < 1.29 is 27.5 Å². The van der Waals surface area contributed by atoms with Gasteiger partial charge in [-0.1, -0.05) is 22.8 Å². The Morgan fingerprint density at radius 3 is 2.62 bits per heavy atom. The molecule has 0 saturated carbocycles. The second kappa shape index (κ2) is 8.44. The highest BCUT2D eigenvalue weighted by atomic mass is 35.5. The van der Waals surface area contributed by atoms with Crippen molar-refractivity contribution >= 4 is 17.8 Å². The third-order valence-electron chi connectivity index (χ3n) is 2.92. The van der Waals surface area contributed by atoms with Crippen molar-refractivity contribution in [2.75, 3.05) is 7.11 Å². The first-order valence-corrected chi connectivity index (χ1v) is 7.09. The zero-order valence-electron chi connectivity index (χ0n) is 12.5. The van der Waals surface area contributed by atoms with Crippen molar-refractivity contribution in [3.8, 4) is 11.5 Å². The maximum absolute atomic E-state index is 12.9. The molecule has 8 heteroatoms. The molecule has 2 rings (SSSR count). The molecule has 0 aliphatic rings. The quantitative estimate of drug-likeness (QED) is 0.534. The van der Waals surface area contributed by atoms with Crippen LogP contribution in [0.1, 0.15) is 11.1 Å². The first-order chi connectivity index (χ1) is 11.5. The summed E-state index contributed by atoms with van der Waals surface area (Å²) in [7, 11) is 1.33. The predicted molar refractivity (Wildman–Crippen MR) is 83.4 cm³/mol. The molecule has 0 aliphatic heterocycles. The first kappa shape index (κ1) is 17.9. The van der Waals surface area contributed by atoms with Gasteiger partial charge >= 0.3 is 6.61 Å². The summed E-state index contributed by atoms with van der Waals surface area (Å²) >= 11 is 5.86. The van der Waals surface area contributed by atoms with E-state index in [0.717, 1.165) is 0 Å².